The number of benzene rings is 2. The lowest BCUT2D eigenvalue weighted by atomic mass is 10.1. The molecule has 47 heavy (non-hydrogen) atoms. The van der Waals surface area contributed by atoms with Gasteiger partial charge in [-0.1, -0.05) is 84.5 Å². The number of halogens is 4. The summed E-state index contributed by atoms with van der Waals surface area (Å²) in [5.74, 6) is -2.72. The third-order valence-electron chi connectivity index (χ3n) is 8.72. The van der Waals surface area contributed by atoms with E-state index >= 15 is 4.39 Å². The van der Waals surface area contributed by atoms with Crippen LogP contribution in [-0.2, 0) is 4.74 Å². The molecule has 6 nitrogen and oxygen atoms in total. The molecule has 0 unspecified atom stereocenters. The van der Waals surface area contributed by atoms with Crippen LogP contribution in [0.2, 0.25) is 0 Å². The maximum absolute atomic E-state index is 15.0. The molecule has 0 N–H and O–H groups in total. The number of piperazine rings is 1. The van der Waals surface area contributed by atoms with Crippen LogP contribution >= 0.6 is 0 Å². The zero-order chi connectivity index (χ0) is 34.1. The minimum atomic E-state index is -4.67. The van der Waals surface area contributed by atoms with Gasteiger partial charge in [0.25, 0.3) is 0 Å². The van der Waals surface area contributed by atoms with Crippen molar-refractivity contribution in [3.8, 4) is 5.75 Å². The summed E-state index contributed by atoms with van der Waals surface area (Å²) in [6.07, 6.45) is 7.20. The van der Waals surface area contributed by atoms with Gasteiger partial charge in [-0.15, -0.1) is 0 Å². The van der Waals surface area contributed by atoms with Crippen molar-refractivity contribution >= 4 is 17.6 Å². The molecular weight excluding hydrogens is 612 g/mol. The van der Waals surface area contributed by atoms with Crippen LogP contribution in [0.1, 0.15) is 124 Å². The molecule has 10 heteroatoms. The van der Waals surface area contributed by atoms with Crippen LogP contribution in [0.5, 0.6) is 5.75 Å². The molecule has 0 aliphatic carbocycles. The Labute approximate surface area is 277 Å². The second-order valence-electron chi connectivity index (χ2n) is 12.5. The Morgan fingerprint density at radius 1 is 0.745 bits per heavy atom. The van der Waals surface area contributed by atoms with Crippen LogP contribution in [0.15, 0.2) is 42.5 Å². The first-order valence-corrected chi connectivity index (χ1v) is 17.5. The number of ether oxygens (including phenoxy) is 2. The van der Waals surface area contributed by atoms with E-state index in [9.17, 15) is 22.8 Å². The first-order valence-electron chi connectivity index (χ1n) is 17.5. The zero-order valence-electron chi connectivity index (χ0n) is 28.1. The smallest absolute Gasteiger partial charge is 0.425 e. The van der Waals surface area contributed by atoms with E-state index in [1.165, 1.54) is 94.2 Å². The molecule has 0 amide bonds. The van der Waals surface area contributed by atoms with Crippen molar-refractivity contribution in [2.45, 2.75) is 116 Å². The number of hydrogen-bond acceptors (Lipinski definition) is 6. The van der Waals surface area contributed by atoms with Crippen molar-refractivity contribution in [1.82, 2.24) is 4.90 Å². The van der Waals surface area contributed by atoms with Crippen LogP contribution < -0.4 is 9.64 Å². The van der Waals surface area contributed by atoms with Gasteiger partial charge in [0.1, 0.15) is 11.6 Å². The average Bonchev–Trinajstić information content (AvgIpc) is 3.05. The number of carbonyl (C=O) groups excluding carboxylic acids is 2. The fraction of sp³-hybridized carbons (Fsp3) is 0.622. The number of esters is 2. The van der Waals surface area contributed by atoms with Crippen molar-refractivity contribution in [1.29, 1.82) is 0 Å². The molecule has 2 aromatic carbocycles. The fourth-order valence-corrected chi connectivity index (χ4v) is 5.81. The molecule has 2 aromatic rings. The van der Waals surface area contributed by atoms with Gasteiger partial charge in [0, 0.05) is 31.9 Å². The van der Waals surface area contributed by atoms with E-state index in [0.29, 0.717) is 18.5 Å². The molecule has 0 aromatic heterocycles. The van der Waals surface area contributed by atoms with Crippen molar-refractivity contribution in [3.63, 3.8) is 0 Å². The largest absolute Gasteiger partial charge is 0.449 e. The van der Waals surface area contributed by atoms with Gasteiger partial charge in [0.05, 0.1) is 11.1 Å². The molecule has 1 saturated heterocycles. The predicted octanol–water partition coefficient (Wildman–Crippen LogP) is 9.76. The van der Waals surface area contributed by atoms with Crippen molar-refractivity contribution in [3.05, 3.63) is 59.4 Å². The van der Waals surface area contributed by atoms with Crippen molar-refractivity contribution < 1.29 is 36.6 Å². The van der Waals surface area contributed by atoms with Crippen molar-refractivity contribution in [2.24, 2.45) is 0 Å². The number of hydrogen-bond donors (Lipinski definition) is 0. The third-order valence-corrected chi connectivity index (χ3v) is 8.72. The number of rotatable bonds is 20. The number of carbonyl (C=O) groups is 2. The summed E-state index contributed by atoms with van der Waals surface area (Å²) in [6, 6.07) is 9.39. The van der Waals surface area contributed by atoms with Crippen LogP contribution in [0.25, 0.3) is 0 Å². The van der Waals surface area contributed by atoms with Gasteiger partial charge < -0.3 is 14.4 Å². The summed E-state index contributed by atoms with van der Waals surface area (Å²) in [4.78, 5) is 29.7. The van der Waals surface area contributed by atoms with E-state index in [-0.39, 0.29) is 23.3 Å². The standard InChI is InChI=1S/C37H52F4N2O4/c1-3-5-7-9-10-11-12-13-15-23-42-24-26-43(27-25-42)30-19-22-32(33(38)28-30)36(45)46-31-20-17-29(18-21-31)35(44)47-34(37(39,40)41)16-14-8-6-4-2/h17-22,28,34H,3-16,23-27H2,1-2H3/t34-/m1/s1. The van der Waals surface area contributed by atoms with E-state index in [1.54, 1.807) is 6.07 Å². The minimum absolute atomic E-state index is 0.0186. The first-order chi connectivity index (χ1) is 22.6. The van der Waals surface area contributed by atoms with Crippen molar-refractivity contribution in [2.75, 3.05) is 37.6 Å². The van der Waals surface area contributed by atoms with E-state index in [2.05, 4.69) is 16.7 Å². The summed E-state index contributed by atoms with van der Waals surface area (Å²) in [6.45, 7) is 8.64. The lowest BCUT2D eigenvalue weighted by Gasteiger charge is -2.36. The highest BCUT2D eigenvalue weighted by molar-refractivity contribution is 5.92. The molecule has 3 rings (SSSR count). The fourth-order valence-electron chi connectivity index (χ4n) is 5.81. The number of unbranched alkanes of at least 4 members (excludes halogenated alkanes) is 11. The summed E-state index contributed by atoms with van der Waals surface area (Å²) in [5.41, 5.74) is 0.348. The van der Waals surface area contributed by atoms with E-state index in [1.807, 2.05) is 6.92 Å². The minimum Gasteiger partial charge on any atom is -0.449 e. The van der Waals surface area contributed by atoms with Gasteiger partial charge in [0.15, 0.2) is 6.10 Å². The summed E-state index contributed by atoms with van der Waals surface area (Å²) in [7, 11) is 0. The highest BCUT2D eigenvalue weighted by Crippen LogP contribution is 2.29. The monoisotopic (exact) mass is 664 g/mol. The number of nitrogens with zero attached hydrogens (tertiary/aromatic N) is 2. The lowest BCUT2D eigenvalue weighted by molar-refractivity contribution is -0.206. The quantitative estimate of drug-likeness (QED) is 0.0608. The number of alkyl halides is 3. The van der Waals surface area contributed by atoms with E-state index < -0.39 is 30.0 Å². The Morgan fingerprint density at radius 3 is 1.89 bits per heavy atom. The molecule has 0 bridgehead atoms. The Morgan fingerprint density at radius 2 is 1.32 bits per heavy atom. The average molecular weight is 665 g/mol. The van der Waals surface area contributed by atoms with Crippen LogP contribution in [-0.4, -0.2) is 61.8 Å². The van der Waals surface area contributed by atoms with Gasteiger partial charge in [-0.3, -0.25) is 4.90 Å². The Bertz CT molecular complexity index is 1210. The summed E-state index contributed by atoms with van der Waals surface area (Å²) in [5, 5.41) is 0. The van der Waals surface area contributed by atoms with Gasteiger partial charge in [-0.25, -0.2) is 14.0 Å². The first kappa shape index (κ1) is 38.3. The lowest BCUT2D eigenvalue weighted by Crippen LogP contribution is -2.46. The molecule has 1 heterocycles. The molecular formula is C37H52F4N2O4. The van der Waals surface area contributed by atoms with Gasteiger partial charge in [-0.2, -0.15) is 13.2 Å². The Kier molecular flexibility index (Phi) is 16.5. The van der Waals surface area contributed by atoms with Crippen LogP contribution in [0.4, 0.5) is 23.2 Å². The molecule has 1 aliphatic heterocycles. The normalized spacial score (nSPS) is 14.6. The van der Waals surface area contributed by atoms with Crippen LogP contribution in [0, 0.1) is 5.82 Å². The SMILES string of the molecule is CCCCCCCCCCCN1CCN(c2ccc(C(=O)Oc3ccc(C(=O)O[C@H](CCCCCC)C(F)(F)F)cc3)c(F)c2)CC1. The molecule has 0 saturated carbocycles. The highest BCUT2D eigenvalue weighted by Gasteiger charge is 2.42. The molecule has 1 aliphatic rings. The maximum atomic E-state index is 15.0. The molecule has 0 radical (unpaired) electrons. The maximum Gasteiger partial charge on any atom is 0.425 e. The zero-order valence-corrected chi connectivity index (χ0v) is 28.1. The molecule has 1 fully saturated rings. The Balaban J connectivity index is 1.43. The predicted molar refractivity (Wildman–Crippen MR) is 178 cm³/mol. The van der Waals surface area contributed by atoms with Gasteiger partial charge in [0.2, 0.25) is 0 Å². The highest BCUT2D eigenvalue weighted by atomic mass is 19.4. The topological polar surface area (TPSA) is 59.1 Å². The third kappa shape index (κ3) is 13.5. The second kappa shape index (κ2) is 20.3. The van der Waals surface area contributed by atoms with E-state index in [0.717, 1.165) is 45.6 Å². The molecule has 1 atom stereocenters. The van der Waals surface area contributed by atoms with Gasteiger partial charge in [-0.05, 0) is 68.3 Å². The Hall–Kier alpha value is -3.14. The van der Waals surface area contributed by atoms with Gasteiger partial charge >= 0.3 is 18.1 Å². The summed E-state index contributed by atoms with van der Waals surface area (Å²) < 4.78 is 65.2. The number of anilines is 1. The van der Waals surface area contributed by atoms with Crippen LogP contribution in [0.3, 0.4) is 0 Å². The summed E-state index contributed by atoms with van der Waals surface area (Å²) >= 11 is 0. The molecule has 0 spiro atoms. The van der Waals surface area contributed by atoms with E-state index in [4.69, 9.17) is 9.47 Å². The second-order valence-corrected chi connectivity index (χ2v) is 12.5. The molecule has 262 valence electrons.